The van der Waals surface area contributed by atoms with E-state index >= 15 is 0 Å². The molecule has 25 heavy (non-hydrogen) atoms. The molecular weight excluding hydrogens is 324 g/mol. The molecule has 8 nitrogen and oxygen atoms in total. The molecule has 2 aliphatic rings. The summed E-state index contributed by atoms with van der Waals surface area (Å²) in [6, 6.07) is 9.45. The summed E-state index contributed by atoms with van der Waals surface area (Å²) in [5.41, 5.74) is 1.32. The van der Waals surface area contributed by atoms with Crippen molar-refractivity contribution in [3.63, 3.8) is 0 Å². The van der Waals surface area contributed by atoms with Gasteiger partial charge in [-0.05, 0) is 18.2 Å². The normalized spacial score (nSPS) is 16.9. The number of hydrogen-bond donors (Lipinski definition) is 1. The third-order valence-electron chi connectivity index (χ3n) is 4.69. The molecule has 0 atom stereocenters. The van der Waals surface area contributed by atoms with E-state index < -0.39 is 4.92 Å². The number of H-pyrrole nitrogens is 1. The molecule has 1 fully saturated rings. The van der Waals surface area contributed by atoms with Crippen molar-refractivity contribution >= 4 is 11.5 Å². The van der Waals surface area contributed by atoms with Crippen LogP contribution in [-0.2, 0) is 6.54 Å². The number of piperazine rings is 1. The average Bonchev–Trinajstić information content (AvgIpc) is 3.10. The van der Waals surface area contributed by atoms with Gasteiger partial charge >= 0.3 is 5.69 Å². The monoisotopic (exact) mass is 344 g/mol. The third-order valence-corrected chi connectivity index (χ3v) is 4.69. The molecule has 0 unspecified atom stereocenters. The first-order valence-electron chi connectivity index (χ1n) is 8.32. The highest BCUT2D eigenvalue weighted by Gasteiger charge is 2.27. The number of ether oxygens (including phenoxy) is 2. The second kappa shape index (κ2) is 6.56. The van der Waals surface area contributed by atoms with Crippen LogP contribution in [0.4, 0.5) is 11.5 Å². The van der Waals surface area contributed by atoms with Crippen LogP contribution in [0.3, 0.4) is 0 Å². The van der Waals surface area contributed by atoms with E-state index in [1.54, 1.807) is 6.07 Å². The highest BCUT2D eigenvalue weighted by Crippen LogP contribution is 2.32. The van der Waals surface area contributed by atoms with E-state index in [1.165, 1.54) is 22.7 Å². The molecule has 2 N–H and O–H groups in total. The van der Waals surface area contributed by atoms with Crippen LogP contribution in [0.1, 0.15) is 5.56 Å². The van der Waals surface area contributed by atoms with E-state index in [1.807, 2.05) is 6.07 Å². The molecule has 1 saturated heterocycles. The van der Waals surface area contributed by atoms with Gasteiger partial charge in [-0.15, -0.1) is 0 Å². The van der Waals surface area contributed by atoms with Gasteiger partial charge in [0.15, 0.2) is 17.7 Å². The number of aromatic amines is 1. The maximum Gasteiger partial charge on any atom is 0.308 e. The first kappa shape index (κ1) is 15.6. The van der Waals surface area contributed by atoms with Gasteiger partial charge in [-0.2, -0.15) is 0 Å². The standard InChI is InChI=1S/C17H18N4O4/c22-21(23)14-2-4-17(18-10-14)20-7-5-19(6-8-20)11-13-1-3-15-16(9-13)25-12-24-15/h1-4,9-10H,5-8,11-12H2/p+2. The van der Waals surface area contributed by atoms with E-state index in [4.69, 9.17) is 9.47 Å². The van der Waals surface area contributed by atoms with Gasteiger partial charge in [-0.1, -0.05) is 0 Å². The topological polar surface area (TPSA) is 83.4 Å². The largest absolute Gasteiger partial charge is 0.454 e. The van der Waals surface area contributed by atoms with Gasteiger partial charge in [-0.25, -0.2) is 4.98 Å². The van der Waals surface area contributed by atoms with Gasteiger partial charge in [0.25, 0.3) is 5.82 Å². The molecule has 1 aromatic carbocycles. The van der Waals surface area contributed by atoms with Gasteiger partial charge in [-0.3, -0.25) is 15.0 Å². The van der Waals surface area contributed by atoms with Gasteiger partial charge in [0, 0.05) is 17.7 Å². The highest BCUT2D eigenvalue weighted by molar-refractivity contribution is 5.44. The fraction of sp³-hybridized carbons (Fsp3) is 0.353. The number of aromatic nitrogens is 1. The number of rotatable bonds is 4. The van der Waals surface area contributed by atoms with Gasteiger partial charge in [0.05, 0.1) is 4.92 Å². The quantitative estimate of drug-likeness (QED) is 0.626. The van der Waals surface area contributed by atoms with Gasteiger partial charge in [0.1, 0.15) is 32.7 Å². The van der Waals surface area contributed by atoms with Crippen molar-refractivity contribution in [2.45, 2.75) is 6.54 Å². The Kier molecular flexibility index (Phi) is 4.10. The van der Waals surface area contributed by atoms with Crippen LogP contribution in [-0.4, -0.2) is 37.9 Å². The Morgan fingerprint density at radius 1 is 1.16 bits per heavy atom. The molecule has 0 amide bonds. The molecule has 130 valence electrons. The van der Waals surface area contributed by atoms with Gasteiger partial charge < -0.3 is 14.4 Å². The van der Waals surface area contributed by atoms with E-state index in [9.17, 15) is 10.1 Å². The van der Waals surface area contributed by atoms with Crippen LogP contribution in [0, 0.1) is 10.1 Å². The van der Waals surface area contributed by atoms with Crippen LogP contribution in [0.5, 0.6) is 11.5 Å². The summed E-state index contributed by atoms with van der Waals surface area (Å²) < 4.78 is 10.8. The third kappa shape index (κ3) is 3.34. The summed E-state index contributed by atoms with van der Waals surface area (Å²) >= 11 is 0. The Labute approximate surface area is 144 Å². The Balaban J connectivity index is 1.34. The first-order chi connectivity index (χ1) is 12.2. The Bertz CT molecular complexity index is 773. The fourth-order valence-corrected chi connectivity index (χ4v) is 3.30. The van der Waals surface area contributed by atoms with Crippen LogP contribution < -0.4 is 24.3 Å². The lowest BCUT2D eigenvalue weighted by Crippen LogP contribution is -3.13. The molecule has 2 aliphatic heterocycles. The van der Waals surface area contributed by atoms with E-state index in [-0.39, 0.29) is 5.69 Å². The summed E-state index contributed by atoms with van der Waals surface area (Å²) in [5, 5.41) is 10.7. The summed E-state index contributed by atoms with van der Waals surface area (Å²) in [5.74, 6) is 2.57. The first-order valence-corrected chi connectivity index (χ1v) is 8.32. The number of benzene rings is 1. The maximum atomic E-state index is 10.7. The molecule has 4 rings (SSSR count). The molecule has 8 heteroatoms. The minimum atomic E-state index is -0.395. The van der Waals surface area contributed by atoms with Crippen LogP contribution >= 0.6 is 0 Å². The average molecular weight is 344 g/mol. The fourth-order valence-electron chi connectivity index (χ4n) is 3.30. The number of anilines is 1. The second-order valence-corrected chi connectivity index (χ2v) is 6.29. The summed E-state index contributed by atoms with van der Waals surface area (Å²) in [6.45, 7) is 5.10. The van der Waals surface area contributed by atoms with Crippen molar-refractivity contribution in [2.75, 3.05) is 37.9 Å². The van der Waals surface area contributed by atoms with Crippen molar-refractivity contribution in [3.05, 3.63) is 52.2 Å². The summed E-state index contributed by atoms with van der Waals surface area (Å²) in [6.07, 6.45) is 1.45. The van der Waals surface area contributed by atoms with Crippen molar-refractivity contribution in [1.29, 1.82) is 0 Å². The lowest BCUT2D eigenvalue weighted by Gasteiger charge is -2.28. The van der Waals surface area contributed by atoms with E-state index in [2.05, 4.69) is 22.0 Å². The maximum absolute atomic E-state index is 10.7. The van der Waals surface area contributed by atoms with Crippen LogP contribution in [0.2, 0.25) is 0 Å². The lowest BCUT2D eigenvalue weighted by molar-refractivity contribution is -0.914. The summed E-state index contributed by atoms with van der Waals surface area (Å²) in [4.78, 5) is 17.1. The number of hydrogen-bond acceptors (Lipinski definition) is 5. The van der Waals surface area contributed by atoms with Crippen LogP contribution in [0.15, 0.2) is 36.5 Å². The van der Waals surface area contributed by atoms with E-state index in [0.717, 1.165) is 50.0 Å². The lowest BCUT2D eigenvalue weighted by atomic mass is 10.1. The zero-order valence-corrected chi connectivity index (χ0v) is 13.7. The molecular formula is C17H20N4O4+2. The molecule has 3 heterocycles. The minimum absolute atomic E-state index is 0.0795. The Hall–Kier alpha value is -2.87. The Morgan fingerprint density at radius 3 is 2.68 bits per heavy atom. The zero-order chi connectivity index (χ0) is 17.2. The van der Waals surface area contributed by atoms with E-state index in [0.29, 0.717) is 6.79 Å². The predicted molar refractivity (Wildman–Crippen MR) is 88.8 cm³/mol. The van der Waals surface area contributed by atoms with Gasteiger partial charge in [0.2, 0.25) is 6.79 Å². The molecule has 1 aromatic heterocycles. The number of quaternary nitrogens is 1. The number of nitro groups is 1. The molecule has 0 aliphatic carbocycles. The molecule has 0 radical (unpaired) electrons. The molecule has 0 spiro atoms. The number of fused-ring (bicyclic) bond motifs is 1. The minimum Gasteiger partial charge on any atom is -0.454 e. The highest BCUT2D eigenvalue weighted by atomic mass is 16.7. The number of nitrogens with zero attached hydrogens (tertiary/aromatic N) is 2. The molecule has 0 saturated carbocycles. The van der Waals surface area contributed by atoms with Crippen molar-refractivity contribution < 1.29 is 24.3 Å². The number of nitrogens with one attached hydrogen (secondary N) is 2. The summed E-state index contributed by atoms with van der Waals surface area (Å²) in [7, 11) is 0. The van der Waals surface area contributed by atoms with Crippen molar-refractivity contribution in [2.24, 2.45) is 0 Å². The molecule has 2 aromatic rings. The smallest absolute Gasteiger partial charge is 0.308 e. The number of pyridine rings is 1. The second-order valence-electron chi connectivity index (χ2n) is 6.29. The SMILES string of the molecule is O=[N+]([O-])c1ccc(N2CC[NH+](Cc3ccc4c(c3)OCO4)CC2)[nH+]c1. The molecule has 0 bridgehead atoms. The Morgan fingerprint density at radius 2 is 1.96 bits per heavy atom. The van der Waals surface area contributed by atoms with Crippen LogP contribution in [0.25, 0.3) is 0 Å². The van der Waals surface area contributed by atoms with Crippen molar-refractivity contribution in [3.8, 4) is 11.5 Å². The predicted octanol–water partition coefficient (Wildman–Crippen LogP) is 0.0427. The van der Waals surface area contributed by atoms with Crippen molar-refractivity contribution in [1.82, 2.24) is 0 Å². The zero-order valence-electron chi connectivity index (χ0n) is 13.7.